The summed E-state index contributed by atoms with van der Waals surface area (Å²) in [5, 5.41) is 20.0. The van der Waals surface area contributed by atoms with Crippen LogP contribution in [0.5, 0.6) is 0 Å². The van der Waals surface area contributed by atoms with Gasteiger partial charge in [-0.05, 0) is 19.1 Å². The van der Waals surface area contributed by atoms with E-state index >= 15 is 0 Å². The normalized spacial score (nSPS) is 11.5. The van der Waals surface area contributed by atoms with Gasteiger partial charge in [-0.15, -0.1) is 0 Å². The molecule has 1 aromatic heterocycles. The van der Waals surface area contributed by atoms with Crippen LogP contribution in [0.1, 0.15) is 23.0 Å². The minimum atomic E-state index is -0.583. The van der Waals surface area contributed by atoms with Crippen molar-refractivity contribution in [3.63, 3.8) is 0 Å². The average molecular weight is 205 g/mol. The van der Waals surface area contributed by atoms with Crippen molar-refractivity contribution in [2.45, 2.75) is 13.0 Å². The Morgan fingerprint density at radius 3 is 2.93 bits per heavy atom. The first-order valence-electron chi connectivity index (χ1n) is 4.46. The van der Waals surface area contributed by atoms with Gasteiger partial charge in [-0.25, -0.2) is 4.98 Å². The number of nitriles is 1. The molecule has 1 unspecified atom stereocenters. The van der Waals surface area contributed by atoms with Gasteiger partial charge in [0.15, 0.2) is 0 Å². The SMILES string of the molecule is CC(O)CNC(=O)c1ccc(C#N)nc1. The van der Waals surface area contributed by atoms with Crippen molar-refractivity contribution in [2.75, 3.05) is 6.54 Å². The van der Waals surface area contributed by atoms with Crippen LogP contribution in [0.25, 0.3) is 0 Å². The van der Waals surface area contributed by atoms with Crippen molar-refractivity contribution in [1.29, 1.82) is 5.26 Å². The van der Waals surface area contributed by atoms with Gasteiger partial charge in [0.1, 0.15) is 11.8 Å². The van der Waals surface area contributed by atoms with Crippen molar-refractivity contribution in [3.8, 4) is 6.07 Å². The number of pyridine rings is 1. The summed E-state index contributed by atoms with van der Waals surface area (Å²) in [6.07, 6.45) is 0.746. The van der Waals surface area contributed by atoms with Gasteiger partial charge in [-0.1, -0.05) is 0 Å². The van der Waals surface area contributed by atoms with Crippen LogP contribution >= 0.6 is 0 Å². The molecule has 0 aromatic carbocycles. The molecule has 0 aliphatic carbocycles. The summed E-state index contributed by atoms with van der Waals surface area (Å²) >= 11 is 0. The highest BCUT2D eigenvalue weighted by Gasteiger charge is 2.06. The summed E-state index contributed by atoms with van der Waals surface area (Å²) < 4.78 is 0. The first-order chi connectivity index (χ1) is 7.13. The Balaban J connectivity index is 2.63. The number of hydrogen-bond donors (Lipinski definition) is 2. The lowest BCUT2D eigenvalue weighted by atomic mass is 10.2. The van der Waals surface area contributed by atoms with Crippen molar-refractivity contribution in [2.24, 2.45) is 0 Å². The second kappa shape index (κ2) is 5.08. The highest BCUT2D eigenvalue weighted by molar-refractivity contribution is 5.93. The molecule has 5 nitrogen and oxygen atoms in total. The first kappa shape index (κ1) is 11.1. The number of aliphatic hydroxyl groups is 1. The number of carbonyl (C=O) groups is 1. The topological polar surface area (TPSA) is 86.0 Å². The van der Waals surface area contributed by atoms with E-state index in [0.717, 1.165) is 0 Å². The largest absolute Gasteiger partial charge is 0.392 e. The summed E-state index contributed by atoms with van der Waals surface area (Å²) in [5.41, 5.74) is 0.636. The quantitative estimate of drug-likeness (QED) is 0.730. The molecular formula is C10H11N3O2. The zero-order chi connectivity index (χ0) is 11.3. The van der Waals surface area contributed by atoms with E-state index in [0.29, 0.717) is 5.56 Å². The lowest BCUT2D eigenvalue weighted by Crippen LogP contribution is -2.30. The molecule has 1 amide bonds. The maximum atomic E-state index is 11.4. The van der Waals surface area contributed by atoms with Crippen molar-refractivity contribution >= 4 is 5.91 Å². The van der Waals surface area contributed by atoms with Gasteiger partial charge in [0, 0.05) is 12.7 Å². The lowest BCUT2D eigenvalue weighted by Gasteiger charge is -2.06. The monoisotopic (exact) mass is 205 g/mol. The van der Waals surface area contributed by atoms with Gasteiger partial charge in [0.2, 0.25) is 0 Å². The number of hydrogen-bond acceptors (Lipinski definition) is 4. The van der Waals surface area contributed by atoms with Gasteiger partial charge in [-0.3, -0.25) is 4.79 Å². The fourth-order valence-electron chi connectivity index (χ4n) is 0.937. The molecule has 1 heterocycles. The average Bonchev–Trinajstić information content (AvgIpc) is 2.26. The number of nitrogens with zero attached hydrogens (tertiary/aromatic N) is 2. The smallest absolute Gasteiger partial charge is 0.252 e. The summed E-state index contributed by atoms with van der Waals surface area (Å²) in [7, 11) is 0. The van der Waals surface area contributed by atoms with Crippen molar-refractivity contribution < 1.29 is 9.90 Å². The van der Waals surface area contributed by atoms with E-state index in [1.165, 1.54) is 18.3 Å². The number of aliphatic hydroxyl groups excluding tert-OH is 1. The molecule has 1 aromatic rings. The summed E-state index contributed by atoms with van der Waals surface area (Å²) in [5.74, 6) is -0.312. The van der Waals surface area contributed by atoms with Crippen LogP contribution in [0.4, 0.5) is 0 Å². The molecule has 0 fully saturated rings. The van der Waals surface area contributed by atoms with E-state index in [-0.39, 0.29) is 18.1 Å². The number of amides is 1. The maximum absolute atomic E-state index is 11.4. The number of nitrogens with one attached hydrogen (secondary N) is 1. The molecule has 0 saturated heterocycles. The molecule has 0 saturated carbocycles. The summed E-state index contributed by atoms with van der Waals surface area (Å²) in [4.78, 5) is 15.2. The van der Waals surface area contributed by atoms with Crippen molar-refractivity contribution in [3.05, 3.63) is 29.6 Å². The molecule has 5 heteroatoms. The van der Waals surface area contributed by atoms with Crippen LogP contribution in [0, 0.1) is 11.3 Å². The van der Waals surface area contributed by atoms with Crippen LogP contribution in [0.2, 0.25) is 0 Å². The Labute approximate surface area is 87.4 Å². The molecule has 0 bridgehead atoms. The third-order valence-electron chi connectivity index (χ3n) is 1.70. The van der Waals surface area contributed by atoms with Crippen LogP contribution in [0.15, 0.2) is 18.3 Å². The zero-order valence-corrected chi connectivity index (χ0v) is 8.27. The van der Waals surface area contributed by atoms with E-state index in [1.807, 2.05) is 6.07 Å². The second-order valence-corrected chi connectivity index (χ2v) is 3.10. The van der Waals surface area contributed by atoms with E-state index in [1.54, 1.807) is 6.92 Å². The second-order valence-electron chi connectivity index (χ2n) is 3.10. The van der Waals surface area contributed by atoms with Gasteiger partial charge in [0.25, 0.3) is 5.91 Å². The highest BCUT2D eigenvalue weighted by Crippen LogP contribution is 1.99. The lowest BCUT2D eigenvalue weighted by molar-refractivity contribution is 0.0923. The molecule has 15 heavy (non-hydrogen) atoms. The predicted molar refractivity (Wildman–Crippen MR) is 53.0 cm³/mol. The summed E-state index contributed by atoms with van der Waals surface area (Å²) in [6, 6.07) is 4.85. The van der Waals surface area contributed by atoms with Crippen LogP contribution < -0.4 is 5.32 Å². The minimum Gasteiger partial charge on any atom is -0.392 e. The van der Waals surface area contributed by atoms with E-state index in [4.69, 9.17) is 10.4 Å². The minimum absolute atomic E-state index is 0.193. The Morgan fingerprint density at radius 2 is 2.47 bits per heavy atom. The van der Waals surface area contributed by atoms with E-state index in [2.05, 4.69) is 10.3 Å². The standard InChI is InChI=1S/C10H11N3O2/c1-7(14)5-13-10(15)8-2-3-9(4-11)12-6-8/h2-3,6-7,14H,5H2,1H3,(H,13,15). The Kier molecular flexibility index (Phi) is 3.77. The van der Waals surface area contributed by atoms with Crippen LogP contribution in [-0.2, 0) is 0 Å². The third-order valence-corrected chi connectivity index (χ3v) is 1.70. The van der Waals surface area contributed by atoms with Gasteiger partial charge < -0.3 is 10.4 Å². The fourth-order valence-corrected chi connectivity index (χ4v) is 0.937. The van der Waals surface area contributed by atoms with Crippen LogP contribution in [0.3, 0.4) is 0 Å². The molecule has 0 aliphatic rings. The van der Waals surface area contributed by atoms with E-state index in [9.17, 15) is 4.79 Å². The highest BCUT2D eigenvalue weighted by atomic mass is 16.3. The van der Waals surface area contributed by atoms with Crippen LogP contribution in [-0.4, -0.2) is 28.6 Å². The molecule has 1 atom stereocenters. The van der Waals surface area contributed by atoms with E-state index < -0.39 is 6.10 Å². The molecule has 78 valence electrons. The predicted octanol–water partition coefficient (Wildman–Crippen LogP) is 0.0639. The Morgan fingerprint density at radius 1 is 1.73 bits per heavy atom. The molecular weight excluding hydrogens is 194 g/mol. The molecule has 0 aliphatic heterocycles. The number of aromatic nitrogens is 1. The van der Waals surface area contributed by atoms with Gasteiger partial charge in [0.05, 0.1) is 11.7 Å². The molecule has 1 rings (SSSR count). The zero-order valence-electron chi connectivity index (χ0n) is 8.27. The Hall–Kier alpha value is -1.93. The Bertz CT molecular complexity index is 379. The fraction of sp³-hybridized carbons (Fsp3) is 0.300. The number of carbonyl (C=O) groups excluding carboxylic acids is 1. The van der Waals surface area contributed by atoms with Crippen molar-refractivity contribution in [1.82, 2.24) is 10.3 Å². The van der Waals surface area contributed by atoms with Gasteiger partial charge >= 0.3 is 0 Å². The summed E-state index contributed by atoms with van der Waals surface area (Å²) in [6.45, 7) is 1.77. The van der Waals surface area contributed by atoms with Gasteiger partial charge in [-0.2, -0.15) is 5.26 Å². The molecule has 2 N–H and O–H groups in total. The third kappa shape index (κ3) is 3.37. The maximum Gasteiger partial charge on any atom is 0.252 e. The number of rotatable bonds is 3. The molecule has 0 spiro atoms. The molecule has 0 radical (unpaired) electrons. The first-order valence-corrected chi connectivity index (χ1v) is 4.46.